The molecule has 1 atom stereocenters. The molecule has 1 heterocycles. The maximum absolute atomic E-state index is 12.2. The molecule has 1 unspecified atom stereocenters. The number of hydrogen-bond donors (Lipinski definition) is 3. The van der Waals surface area contributed by atoms with Gasteiger partial charge in [-0.1, -0.05) is 6.07 Å². The largest absolute Gasteiger partial charge is 0.497 e. The van der Waals surface area contributed by atoms with Gasteiger partial charge in [-0.2, -0.15) is 0 Å². The lowest BCUT2D eigenvalue weighted by atomic mass is 9.94. The van der Waals surface area contributed by atoms with Crippen LogP contribution in [-0.4, -0.2) is 25.0 Å². The summed E-state index contributed by atoms with van der Waals surface area (Å²) in [6.07, 6.45) is 3.82. The molecule has 0 bridgehead atoms. The fourth-order valence-corrected chi connectivity index (χ4v) is 3.13. The van der Waals surface area contributed by atoms with E-state index in [1.165, 1.54) is 0 Å². The summed E-state index contributed by atoms with van der Waals surface area (Å²) < 4.78 is 10.7. The Hall–Kier alpha value is -3.19. The van der Waals surface area contributed by atoms with E-state index in [9.17, 15) is 4.79 Å². The van der Waals surface area contributed by atoms with Crippen LogP contribution in [0.2, 0.25) is 0 Å². The molecule has 0 saturated heterocycles. The van der Waals surface area contributed by atoms with Crippen LogP contribution in [0.5, 0.6) is 11.5 Å². The van der Waals surface area contributed by atoms with Crippen molar-refractivity contribution in [1.82, 2.24) is 4.90 Å². The molecule has 2 aromatic carbocycles. The van der Waals surface area contributed by atoms with Crippen LogP contribution in [0.4, 0.5) is 5.69 Å². The van der Waals surface area contributed by atoms with Gasteiger partial charge in [0.15, 0.2) is 0 Å². The summed E-state index contributed by atoms with van der Waals surface area (Å²) in [4.78, 5) is 14.1. The SMILES string of the molecule is COc1ccc(CN2C=Cc3ccc(NN)cc3C2C(N)=O)c(OC)c1. The topological polar surface area (TPSA) is 103 Å². The van der Waals surface area contributed by atoms with Crippen LogP contribution >= 0.6 is 0 Å². The number of nitrogens with two attached hydrogens (primary N) is 2. The molecule has 7 heteroatoms. The number of anilines is 1. The van der Waals surface area contributed by atoms with E-state index in [0.29, 0.717) is 23.7 Å². The van der Waals surface area contributed by atoms with Gasteiger partial charge in [0.1, 0.15) is 17.5 Å². The van der Waals surface area contributed by atoms with Crippen LogP contribution in [0.15, 0.2) is 42.6 Å². The molecule has 2 aromatic rings. The number of carbonyl (C=O) groups is 1. The minimum Gasteiger partial charge on any atom is -0.497 e. The quantitative estimate of drug-likeness (QED) is 0.542. The average Bonchev–Trinajstić information content (AvgIpc) is 2.67. The summed E-state index contributed by atoms with van der Waals surface area (Å²) in [6.45, 7) is 0.455. The maximum atomic E-state index is 12.2. The Morgan fingerprint density at radius 2 is 2.00 bits per heavy atom. The molecule has 0 saturated carbocycles. The van der Waals surface area contributed by atoms with Crippen LogP contribution in [0, 0.1) is 0 Å². The number of primary amides is 1. The number of amides is 1. The van der Waals surface area contributed by atoms with Gasteiger partial charge in [-0.05, 0) is 41.5 Å². The molecular formula is C19H22N4O3. The van der Waals surface area contributed by atoms with Crippen molar-refractivity contribution in [1.29, 1.82) is 0 Å². The first kappa shape index (κ1) is 17.6. The predicted octanol–water partition coefficient (Wildman–Crippen LogP) is 2.00. The lowest BCUT2D eigenvalue weighted by Crippen LogP contribution is -2.36. The molecule has 0 fully saturated rings. The van der Waals surface area contributed by atoms with Gasteiger partial charge in [-0.15, -0.1) is 0 Å². The van der Waals surface area contributed by atoms with Crippen molar-refractivity contribution in [2.24, 2.45) is 11.6 Å². The molecule has 1 aliphatic heterocycles. The first-order valence-corrected chi connectivity index (χ1v) is 8.12. The monoisotopic (exact) mass is 354 g/mol. The first-order valence-electron chi connectivity index (χ1n) is 8.12. The molecule has 1 aliphatic rings. The molecule has 7 nitrogen and oxygen atoms in total. The van der Waals surface area contributed by atoms with Crippen molar-refractivity contribution in [3.05, 3.63) is 59.3 Å². The van der Waals surface area contributed by atoms with E-state index < -0.39 is 11.9 Å². The van der Waals surface area contributed by atoms with E-state index >= 15 is 0 Å². The normalized spacial score (nSPS) is 15.3. The first-order chi connectivity index (χ1) is 12.6. The molecule has 26 heavy (non-hydrogen) atoms. The van der Waals surface area contributed by atoms with Crippen LogP contribution in [0.25, 0.3) is 6.08 Å². The van der Waals surface area contributed by atoms with Crippen molar-refractivity contribution in [2.45, 2.75) is 12.6 Å². The Labute approximate surface area is 152 Å². The third-order valence-corrected chi connectivity index (χ3v) is 4.44. The zero-order valence-electron chi connectivity index (χ0n) is 14.7. The number of hydrazine groups is 1. The Morgan fingerprint density at radius 3 is 2.65 bits per heavy atom. The summed E-state index contributed by atoms with van der Waals surface area (Å²) in [5.74, 6) is 6.46. The van der Waals surface area contributed by atoms with Gasteiger partial charge in [-0.25, -0.2) is 0 Å². The molecule has 3 rings (SSSR count). The number of nitrogens with zero attached hydrogens (tertiary/aromatic N) is 1. The van der Waals surface area contributed by atoms with E-state index in [4.69, 9.17) is 21.1 Å². The minimum atomic E-state index is -0.602. The van der Waals surface area contributed by atoms with Crippen LogP contribution in [0.3, 0.4) is 0 Å². The van der Waals surface area contributed by atoms with Gasteiger partial charge in [0.2, 0.25) is 5.91 Å². The fourth-order valence-electron chi connectivity index (χ4n) is 3.13. The Kier molecular flexibility index (Phi) is 4.99. The van der Waals surface area contributed by atoms with Crippen molar-refractivity contribution >= 4 is 17.7 Å². The fraction of sp³-hybridized carbons (Fsp3) is 0.211. The van der Waals surface area contributed by atoms with E-state index in [0.717, 1.165) is 16.7 Å². The molecular weight excluding hydrogens is 332 g/mol. The Balaban J connectivity index is 1.96. The number of nitrogen functional groups attached to an aromatic ring is 1. The number of benzene rings is 2. The highest BCUT2D eigenvalue weighted by atomic mass is 16.5. The minimum absolute atomic E-state index is 0.433. The van der Waals surface area contributed by atoms with Crippen molar-refractivity contribution in [3.63, 3.8) is 0 Å². The number of methoxy groups -OCH3 is 2. The molecule has 0 aliphatic carbocycles. The standard InChI is InChI=1S/C19H22N4O3/c1-25-15-6-4-13(17(10-15)26-2)11-23-8-7-12-3-5-14(22-21)9-16(12)18(23)19(20)24/h3-10,18,22H,11,21H2,1-2H3,(H2,20,24). The molecule has 136 valence electrons. The number of rotatable bonds is 6. The van der Waals surface area contributed by atoms with Crippen molar-refractivity contribution in [3.8, 4) is 11.5 Å². The molecule has 1 amide bonds. The van der Waals surface area contributed by atoms with E-state index in [1.54, 1.807) is 14.2 Å². The number of carbonyl (C=O) groups excluding carboxylic acids is 1. The van der Waals surface area contributed by atoms with E-state index in [-0.39, 0.29) is 0 Å². The van der Waals surface area contributed by atoms with E-state index in [1.807, 2.05) is 53.6 Å². The molecule has 0 radical (unpaired) electrons. The molecule has 0 spiro atoms. The second kappa shape index (κ2) is 7.37. The smallest absolute Gasteiger partial charge is 0.244 e. The highest BCUT2D eigenvalue weighted by Crippen LogP contribution is 2.35. The van der Waals surface area contributed by atoms with Gasteiger partial charge in [0, 0.05) is 30.1 Å². The van der Waals surface area contributed by atoms with Crippen LogP contribution in [0.1, 0.15) is 22.7 Å². The van der Waals surface area contributed by atoms with Gasteiger partial charge < -0.3 is 25.5 Å². The van der Waals surface area contributed by atoms with Gasteiger partial charge in [0.25, 0.3) is 0 Å². The average molecular weight is 354 g/mol. The second-order valence-corrected chi connectivity index (χ2v) is 5.96. The lowest BCUT2D eigenvalue weighted by molar-refractivity contribution is -0.122. The maximum Gasteiger partial charge on any atom is 0.244 e. The van der Waals surface area contributed by atoms with Crippen molar-refractivity contribution < 1.29 is 14.3 Å². The third kappa shape index (κ3) is 3.29. The van der Waals surface area contributed by atoms with E-state index in [2.05, 4.69) is 5.43 Å². The van der Waals surface area contributed by atoms with Gasteiger partial charge in [-0.3, -0.25) is 10.6 Å². The van der Waals surface area contributed by atoms with Crippen LogP contribution in [-0.2, 0) is 11.3 Å². The summed E-state index contributed by atoms with van der Waals surface area (Å²) in [7, 11) is 3.20. The summed E-state index contributed by atoms with van der Waals surface area (Å²) in [5, 5.41) is 0. The highest BCUT2D eigenvalue weighted by Gasteiger charge is 2.29. The zero-order valence-corrected chi connectivity index (χ0v) is 14.7. The third-order valence-electron chi connectivity index (χ3n) is 4.44. The lowest BCUT2D eigenvalue weighted by Gasteiger charge is -2.33. The van der Waals surface area contributed by atoms with Crippen molar-refractivity contribution in [2.75, 3.05) is 19.6 Å². The highest BCUT2D eigenvalue weighted by molar-refractivity contribution is 5.85. The number of hydrogen-bond acceptors (Lipinski definition) is 6. The van der Waals surface area contributed by atoms with Gasteiger partial charge in [0.05, 0.1) is 14.2 Å². The predicted molar refractivity (Wildman–Crippen MR) is 100 cm³/mol. The number of fused-ring (bicyclic) bond motifs is 1. The van der Waals surface area contributed by atoms with Gasteiger partial charge >= 0.3 is 0 Å². The number of nitrogens with one attached hydrogen (secondary N) is 1. The number of ether oxygens (including phenoxy) is 2. The Morgan fingerprint density at radius 1 is 1.19 bits per heavy atom. The summed E-state index contributed by atoms with van der Waals surface area (Å²) in [6, 6.07) is 10.6. The van der Waals surface area contributed by atoms with Crippen LogP contribution < -0.4 is 26.5 Å². The summed E-state index contributed by atoms with van der Waals surface area (Å²) >= 11 is 0. The molecule has 0 aromatic heterocycles. The zero-order chi connectivity index (χ0) is 18.7. The molecule has 5 N–H and O–H groups in total. The summed E-state index contributed by atoms with van der Waals surface area (Å²) in [5.41, 5.74) is 11.7. The second-order valence-electron chi connectivity index (χ2n) is 5.96. The Bertz CT molecular complexity index is 851.